The Labute approximate surface area is 135 Å². The number of rotatable bonds is 10. The van der Waals surface area contributed by atoms with Crippen molar-refractivity contribution in [2.75, 3.05) is 30.9 Å². The van der Waals surface area contributed by atoms with Crippen LogP contribution in [0.1, 0.15) is 51.5 Å². The standard InChI is InChI=1S/C17H29NO3S/c1-5-6-12-18(13-7-14-22(19,20)21-4)17-10-8-16(9-11-17)15(2)3/h8-11,15H,5-7,12-14H2,1-4H3. The first-order valence-corrected chi connectivity index (χ1v) is 9.60. The van der Waals surface area contributed by atoms with Gasteiger partial charge in [0.1, 0.15) is 0 Å². The molecule has 0 saturated carbocycles. The van der Waals surface area contributed by atoms with Gasteiger partial charge in [0.15, 0.2) is 0 Å². The molecular formula is C17H29NO3S. The third-order valence-electron chi connectivity index (χ3n) is 3.78. The van der Waals surface area contributed by atoms with E-state index in [0.717, 1.165) is 31.6 Å². The van der Waals surface area contributed by atoms with Crippen LogP contribution in [0.25, 0.3) is 0 Å². The molecule has 1 aromatic carbocycles. The molecule has 0 fully saturated rings. The van der Waals surface area contributed by atoms with Gasteiger partial charge in [-0.3, -0.25) is 4.18 Å². The Kier molecular flexibility index (Phi) is 7.90. The minimum atomic E-state index is -3.36. The lowest BCUT2D eigenvalue weighted by molar-refractivity contribution is 0.396. The first-order valence-electron chi connectivity index (χ1n) is 8.02. The average Bonchev–Trinajstić information content (AvgIpc) is 2.50. The van der Waals surface area contributed by atoms with E-state index in [1.54, 1.807) is 0 Å². The summed E-state index contributed by atoms with van der Waals surface area (Å²) in [6, 6.07) is 8.58. The molecule has 0 atom stereocenters. The lowest BCUT2D eigenvalue weighted by atomic mass is 10.0. The van der Waals surface area contributed by atoms with Crippen LogP contribution in [0.2, 0.25) is 0 Å². The van der Waals surface area contributed by atoms with Crippen LogP contribution in [0.5, 0.6) is 0 Å². The number of benzene rings is 1. The zero-order chi connectivity index (χ0) is 16.6. The smallest absolute Gasteiger partial charge is 0.267 e. The summed E-state index contributed by atoms with van der Waals surface area (Å²) in [5.41, 5.74) is 2.48. The van der Waals surface area contributed by atoms with Crippen molar-refractivity contribution >= 4 is 15.8 Å². The van der Waals surface area contributed by atoms with Crippen LogP contribution in [0.3, 0.4) is 0 Å². The van der Waals surface area contributed by atoms with Crippen LogP contribution in [0.15, 0.2) is 24.3 Å². The van der Waals surface area contributed by atoms with Gasteiger partial charge in [-0.25, -0.2) is 0 Å². The minimum absolute atomic E-state index is 0.0657. The highest BCUT2D eigenvalue weighted by Crippen LogP contribution is 2.21. The van der Waals surface area contributed by atoms with Gasteiger partial charge in [-0.05, 0) is 36.5 Å². The van der Waals surface area contributed by atoms with Gasteiger partial charge in [-0.15, -0.1) is 0 Å². The quantitative estimate of drug-likeness (QED) is 0.614. The monoisotopic (exact) mass is 327 g/mol. The van der Waals surface area contributed by atoms with E-state index in [2.05, 4.69) is 54.1 Å². The lowest BCUT2D eigenvalue weighted by Gasteiger charge is -2.25. The predicted molar refractivity (Wildman–Crippen MR) is 93.1 cm³/mol. The summed E-state index contributed by atoms with van der Waals surface area (Å²) in [5.74, 6) is 0.584. The molecule has 0 saturated heterocycles. The molecule has 0 radical (unpaired) electrons. The minimum Gasteiger partial charge on any atom is -0.372 e. The Morgan fingerprint density at radius 1 is 1.09 bits per heavy atom. The third-order valence-corrected chi connectivity index (χ3v) is 5.08. The third kappa shape index (κ3) is 6.36. The number of unbranched alkanes of at least 4 members (excludes halogenated alkanes) is 1. The summed E-state index contributed by atoms with van der Waals surface area (Å²) < 4.78 is 27.3. The summed E-state index contributed by atoms with van der Waals surface area (Å²) in [4.78, 5) is 2.26. The highest BCUT2D eigenvalue weighted by Gasteiger charge is 2.11. The Morgan fingerprint density at radius 3 is 2.18 bits per heavy atom. The molecule has 1 aromatic rings. The molecule has 0 aliphatic heterocycles. The number of anilines is 1. The molecule has 0 aliphatic carbocycles. The molecule has 0 spiro atoms. The fraction of sp³-hybridized carbons (Fsp3) is 0.647. The SMILES string of the molecule is CCCCN(CCCS(=O)(=O)OC)c1ccc(C(C)C)cc1. The Morgan fingerprint density at radius 2 is 1.68 bits per heavy atom. The van der Waals surface area contributed by atoms with Crippen LogP contribution in [0, 0.1) is 0 Å². The average molecular weight is 327 g/mol. The van der Waals surface area contributed by atoms with Crippen LogP contribution in [0.4, 0.5) is 5.69 Å². The molecule has 0 aromatic heterocycles. The first kappa shape index (κ1) is 19.0. The van der Waals surface area contributed by atoms with Gasteiger partial charge in [0, 0.05) is 18.8 Å². The second kappa shape index (κ2) is 9.16. The Balaban J connectivity index is 2.70. The zero-order valence-electron chi connectivity index (χ0n) is 14.2. The van der Waals surface area contributed by atoms with Gasteiger partial charge in [-0.1, -0.05) is 39.3 Å². The maximum Gasteiger partial charge on any atom is 0.267 e. The topological polar surface area (TPSA) is 46.6 Å². The van der Waals surface area contributed by atoms with E-state index in [0.29, 0.717) is 12.3 Å². The lowest BCUT2D eigenvalue weighted by Crippen LogP contribution is -2.27. The maximum absolute atomic E-state index is 11.4. The molecule has 0 heterocycles. The van der Waals surface area contributed by atoms with Crippen molar-refractivity contribution in [2.24, 2.45) is 0 Å². The second-order valence-electron chi connectivity index (χ2n) is 5.87. The summed E-state index contributed by atoms with van der Waals surface area (Å²) in [6.07, 6.45) is 2.80. The van der Waals surface area contributed by atoms with E-state index in [1.165, 1.54) is 12.7 Å². The summed E-state index contributed by atoms with van der Waals surface area (Å²) in [7, 11) is -2.15. The van der Waals surface area contributed by atoms with E-state index < -0.39 is 10.1 Å². The number of hydrogen-bond donors (Lipinski definition) is 0. The molecule has 4 nitrogen and oxygen atoms in total. The number of hydrogen-bond acceptors (Lipinski definition) is 4. The molecule has 0 unspecified atom stereocenters. The second-order valence-corrected chi connectivity index (χ2v) is 7.73. The highest BCUT2D eigenvalue weighted by atomic mass is 32.2. The normalized spacial score (nSPS) is 11.9. The van der Waals surface area contributed by atoms with Crippen molar-refractivity contribution in [3.63, 3.8) is 0 Å². The zero-order valence-corrected chi connectivity index (χ0v) is 15.0. The van der Waals surface area contributed by atoms with Crippen molar-refractivity contribution in [1.29, 1.82) is 0 Å². The fourth-order valence-corrected chi connectivity index (χ4v) is 2.95. The van der Waals surface area contributed by atoms with Crippen molar-refractivity contribution in [2.45, 2.75) is 46.0 Å². The van der Waals surface area contributed by atoms with E-state index in [-0.39, 0.29) is 5.75 Å². The molecule has 0 bridgehead atoms. The molecule has 5 heteroatoms. The maximum atomic E-state index is 11.4. The van der Waals surface area contributed by atoms with Crippen molar-refractivity contribution in [3.8, 4) is 0 Å². The van der Waals surface area contributed by atoms with E-state index in [4.69, 9.17) is 0 Å². The summed E-state index contributed by atoms with van der Waals surface area (Å²) >= 11 is 0. The van der Waals surface area contributed by atoms with Crippen LogP contribution in [-0.2, 0) is 14.3 Å². The molecule has 0 amide bonds. The highest BCUT2D eigenvalue weighted by molar-refractivity contribution is 7.86. The van der Waals surface area contributed by atoms with Crippen molar-refractivity contribution in [3.05, 3.63) is 29.8 Å². The first-order chi connectivity index (χ1) is 10.4. The molecule has 1 rings (SSSR count). The van der Waals surface area contributed by atoms with E-state index in [1.807, 2.05) is 0 Å². The van der Waals surface area contributed by atoms with Gasteiger partial charge in [-0.2, -0.15) is 8.42 Å². The van der Waals surface area contributed by atoms with E-state index >= 15 is 0 Å². The molecular weight excluding hydrogens is 298 g/mol. The van der Waals surface area contributed by atoms with Gasteiger partial charge in [0.2, 0.25) is 0 Å². The summed E-state index contributed by atoms with van der Waals surface area (Å²) in [5, 5.41) is 0. The van der Waals surface area contributed by atoms with Gasteiger partial charge < -0.3 is 4.90 Å². The van der Waals surface area contributed by atoms with Gasteiger partial charge >= 0.3 is 0 Å². The van der Waals surface area contributed by atoms with Crippen LogP contribution >= 0.6 is 0 Å². The summed E-state index contributed by atoms with van der Waals surface area (Å²) in [6.45, 7) is 8.20. The van der Waals surface area contributed by atoms with Crippen molar-refractivity contribution < 1.29 is 12.6 Å². The Bertz CT molecular complexity index is 523. The Hall–Kier alpha value is -1.07. The van der Waals surface area contributed by atoms with Crippen LogP contribution in [-0.4, -0.2) is 34.4 Å². The van der Waals surface area contributed by atoms with Gasteiger partial charge in [0.25, 0.3) is 10.1 Å². The van der Waals surface area contributed by atoms with Crippen LogP contribution < -0.4 is 4.90 Å². The number of nitrogens with zero attached hydrogens (tertiary/aromatic N) is 1. The molecule has 0 aliphatic rings. The van der Waals surface area contributed by atoms with Gasteiger partial charge in [0.05, 0.1) is 12.9 Å². The molecule has 126 valence electrons. The molecule has 0 N–H and O–H groups in total. The van der Waals surface area contributed by atoms with Crippen molar-refractivity contribution in [1.82, 2.24) is 0 Å². The molecule has 22 heavy (non-hydrogen) atoms. The predicted octanol–water partition coefficient (Wildman–Crippen LogP) is 3.78. The largest absolute Gasteiger partial charge is 0.372 e. The van der Waals surface area contributed by atoms with E-state index in [9.17, 15) is 8.42 Å². The fourth-order valence-electron chi connectivity index (χ4n) is 2.30.